The Labute approximate surface area is 127 Å². The summed E-state index contributed by atoms with van der Waals surface area (Å²) < 4.78 is 0. The first-order valence-electron chi connectivity index (χ1n) is 6.34. The van der Waals surface area contributed by atoms with E-state index in [1.54, 1.807) is 6.07 Å². The number of hydrogen-bond donors (Lipinski definition) is 0. The molecular formula is C13H13Cl2N5. The van der Waals surface area contributed by atoms with Crippen molar-refractivity contribution in [1.29, 1.82) is 0 Å². The summed E-state index contributed by atoms with van der Waals surface area (Å²) in [6, 6.07) is 7.70. The lowest BCUT2D eigenvalue weighted by Gasteiger charge is -2.36. The van der Waals surface area contributed by atoms with E-state index in [1.165, 1.54) is 0 Å². The van der Waals surface area contributed by atoms with E-state index in [0.29, 0.717) is 10.3 Å². The van der Waals surface area contributed by atoms with Crippen molar-refractivity contribution in [3.63, 3.8) is 0 Å². The fraction of sp³-hybridized carbons (Fsp3) is 0.308. The van der Waals surface area contributed by atoms with E-state index in [0.717, 1.165) is 37.7 Å². The molecule has 0 spiro atoms. The van der Waals surface area contributed by atoms with Gasteiger partial charge in [-0.15, -0.1) is 10.2 Å². The Balaban J connectivity index is 1.71. The van der Waals surface area contributed by atoms with E-state index >= 15 is 0 Å². The number of pyridine rings is 1. The van der Waals surface area contributed by atoms with Gasteiger partial charge in [0.1, 0.15) is 5.82 Å². The van der Waals surface area contributed by atoms with E-state index in [1.807, 2.05) is 24.4 Å². The van der Waals surface area contributed by atoms with Gasteiger partial charge in [0.15, 0.2) is 10.3 Å². The van der Waals surface area contributed by atoms with Crippen LogP contribution in [0.5, 0.6) is 0 Å². The van der Waals surface area contributed by atoms with Gasteiger partial charge < -0.3 is 9.80 Å². The summed E-state index contributed by atoms with van der Waals surface area (Å²) in [5.74, 6) is 1.00. The second-order valence-electron chi connectivity index (χ2n) is 4.51. The molecule has 1 aliphatic heterocycles. The normalized spacial score (nSPS) is 15.5. The van der Waals surface area contributed by atoms with Crippen LogP contribution in [0.25, 0.3) is 0 Å². The molecule has 1 saturated heterocycles. The van der Waals surface area contributed by atoms with E-state index in [9.17, 15) is 0 Å². The molecule has 1 fully saturated rings. The Hall–Kier alpha value is -1.59. The lowest BCUT2D eigenvalue weighted by molar-refractivity contribution is 0.646. The van der Waals surface area contributed by atoms with Gasteiger partial charge in [0.25, 0.3) is 0 Å². The second-order valence-corrected chi connectivity index (χ2v) is 5.25. The molecule has 0 amide bonds. The van der Waals surface area contributed by atoms with Crippen molar-refractivity contribution in [3.05, 3.63) is 40.8 Å². The van der Waals surface area contributed by atoms with Gasteiger partial charge in [-0.3, -0.25) is 0 Å². The molecule has 1 aliphatic rings. The van der Waals surface area contributed by atoms with Gasteiger partial charge in [-0.25, -0.2) is 4.98 Å². The Bertz CT molecular complexity index is 585. The average molecular weight is 310 g/mol. The number of aromatic nitrogens is 3. The topological polar surface area (TPSA) is 45.2 Å². The summed E-state index contributed by atoms with van der Waals surface area (Å²) in [6.45, 7) is 3.46. The van der Waals surface area contributed by atoms with Crippen molar-refractivity contribution in [2.75, 3.05) is 36.0 Å². The number of piperazine rings is 1. The molecule has 0 bridgehead atoms. The second kappa shape index (κ2) is 5.81. The van der Waals surface area contributed by atoms with Crippen molar-refractivity contribution >= 4 is 34.7 Å². The minimum Gasteiger partial charge on any atom is -0.365 e. The molecule has 104 valence electrons. The molecule has 0 N–H and O–H groups in total. The number of halogens is 2. The zero-order valence-electron chi connectivity index (χ0n) is 10.7. The Morgan fingerprint density at radius 3 is 2.40 bits per heavy atom. The van der Waals surface area contributed by atoms with Gasteiger partial charge in [0.05, 0.1) is 5.69 Å². The minimum atomic E-state index is 0.358. The third kappa shape index (κ3) is 2.78. The summed E-state index contributed by atoms with van der Waals surface area (Å²) in [5, 5.41) is 8.33. The molecule has 2 aromatic rings. The quantitative estimate of drug-likeness (QED) is 0.853. The fourth-order valence-corrected chi connectivity index (χ4v) is 2.64. The Morgan fingerprint density at radius 2 is 1.70 bits per heavy atom. The van der Waals surface area contributed by atoms with Crippen molar-refractivity contribution in [2.24, 2.45) is 0 Å². The lowest BCUT2D eigenvalue weighted by atomic mass is 10.2. The monoisotopic (exact) mass is 309 g/mol. The van der Waals surface area contributed by atoms with Gasteiger partial charge in [0, 0.05) is 38.4 Å². The third-order valence-electron chi connectivity index (χ3n) is 3.29. The van der Waals surface area contributed by atoms with Crippen molar-refractivity contribution in [3.8, 4) is 0 Å². The fourth-order valence-electron chi connectivity index (χ4n) is 2.28. The number of rotatable bonds is 2. The predicted octanol–water partition coefficient (Wildman–Crippen LogP) is 2.51. The lowest BCUT2D eigenvalue weighted by Crippen LogP contribution is -2.47. The molecule has 3 heterocycles. The van der Waals surface area contributed by atoms with Crippen LogP contribution in [-0.4, -0.2) is 41.4 Å². The SMILES string of the molecule is Clc1cc(N2CCN(c3ccccn3)CC2)c(Cl)nn1. The first-order chi connectivity index (χ1) is 9.74. The van der Waals surface area contributed by atoms with E-state index < -0.39 is 0 Å². The standard InChI is InChI=1S/C13H13Cl2N5/c14-11-9-10(13(15)18-17-11)19-5-7-20(8-6-19)12-3-1-2-4-16-12/h1-4,9H,5-8H2. The molecule has 0 unspecified atom stereocenters. The van der Waals surface area contributed by atoms with E-state index in [-0.39, 0.29) is 0 Å². The molecule has 0 aliphatic carbocycles. The zero-order chi connectivity index (χ0) is 13.9. The summed E-state index contributed by atoms with van der Waals surface area (Å²) in [5.41, 5.74) is 0.840. The summed E-state index contributed by atoms with van der Waals surface area (Å²) in [4.78, 5) is 8.79. The predicted molar refractivity (Wildman–Crippen MR) is 80.7 cm³/mol. The van der Waals surface area contributed by atoms with Crippen molar-refractivity contribution in [2.45, 2.75) is 0 Å². The van der Waals surface area contributed by atoms with Crippen molar-refractivity contribution < 1.29 is 0 Å². The van der Waals surface area contributed by atoms with Crippen LogP contribution in [0.15, 0.2) is 30.5 Å². The van der Waals surface area contributed by atoms with Crippen LogP contribution >= 0.6 is 23.2 Å². The van der Waals surface area contributed by atoms with E-state index in [4.69, 9.17) is 23.2 Å². The molecular weight excluding hydrogens is 297 g/mol. The maximum atomic E-state index is 6.08. The number of hydrogen-bond acceptors (Lipinski definition) is 5. The first-order valence-corrected chi connectivity index (χ1v) is 7.09. The van der Waals surface area contributed by atoms with Crippen LogP contribution in [-0.2, 0) is 0 Å². The highest BCUT2D eigenvalue weighted by atomic mass is 35.5. The molecule has 0 atom stereocenters. The van der Waals surface area contributed by atoms with Gasteiger partial charge in [-0.05, 0) is 12.1 Å². The maximum Gasteiger partial charge on any atom is 0.175 e. The van der Waals surface area contributed by atoms with Crippen LogP contribution in [0.4, 0.5) is 11.5 Å². The average Bonchev–Trinajstić information content (AvgIpc) is 2.51. The summed E-state index contributed by atoms with van der Waals surface area (Å²) in [7, 11) is 0. The van der Waals surface area contributed by atoms with Crippen LogP contribution in [0.2, 0.25) is 10.3 Å². The Morgan fingerprint density at radius 1 is 0.950 bits per heavy atom. The van der Waals surface area contributed by atoms with Crippen LogP contribution in [0.1, 0.15) is 0 Å². The van der Waals surface area contributed by atoms with E-state index in [2.05, 4.69) is 25.0 Å². The Kier molecular flexibility index (Phi) is 3.89. The molecule has 5 nitrogen and oxygen atoms in total. The summed E-state index contributed by atoms with van der Waals surface area (Å²) >= 11 is 12.0. The molecule has 0 saturated carbocycles. The molecule has 7 heteroatoms. The van der Waals surface area contributed by atoms with Crippen LogP contribution in [0.3, 0.4) is 0 Å². The third-order valence-corrected chi connectivity index (χ3v) is 3.75. The van der Waals surface area contributed by atoms with Gasteiger partial charge in [-0.1, -0.05) is 29.3 Å². The maximum absolute atomic E-state index is 6.08. The van der Waals surface area contributed by atoms with Gasteiger partial charge in [0.2, 0.25) is 0 Å². The molecule has 0 radical (unpaired) electrons. The van der Waals surface area contributed by atoms with Gasteiger partial charge >= 0.3 is 0 Å². The number of anilines is 2. The minimum absolute atomic E-state index is 0.358. The summed E-state index contributed by atoms with van der Waals surface area (Å²) in [6.07, 6.45) is 1.81. The molecule has 2 aromatic heterocycles. The highest BCUT2D eigenvalue weighted by molar-refractivity contribution is 6.33. The van der Waals surface area contributed by atoms with Crippen LogP contribution in [0, 0.1) is 0 Å². The zero-order valence-corrected chi connectivity index (χ0v) is 12.2. The first kappa shape index (κ1) is 13.4. The van der Waals surface area contributed by atoms with Crippen LogP contribution < -0.4 is 9.80 Å². The highest BCUT2D eigenvalue weighted by Gasteiger charge is 2.20. The number of nitrogens with zero attached hydrogens (tertiary/aromatic N) is 5. The highest BCUT2D eigenvalue weighted by Crippen LogP contribution is 2.26. The molecule has 20 heavy (non-hydrogen) atoms. The van der Waals surface area contributed by atoms with Crippen molar-refractivity contribution in [1.82, 2.24) is 15.2 Å². The van der Waals surface area contributed by atoms with Gasteiger partial charge in [-0.2, -0.15) is 0 Å². The largest absolute Gasteiger partial charge is 0.365 e. The molecule has 0 aromatic carbocycles. The smallest absolute Gasteiger partial charge is 0.175 e. The molecule has 3 rings (SSSR count).